The lowest BCUT2D eigenvalue weighted by Crippen LogP contribution is -2.32. The van der Waals surface area contributed by atoms with Crippen LogP contribution in [-0.4, -0.2) is 51.7 Å². The molecule has 34 heavy (non-hydrogen) atoms. The molecule has 1 aliphatic heterocycles. The maximum atomic E-state index is 13.0. The molecule has 4 rings (SSSR count). The molecule has 1 saturated heterocycles. The van der Waals surface area contributed by atoms with Gasteiger partial charge in [-0.15, -0.1) is 0 Å². The number of hydrogen-bond donors (Lipinski definition) is 2. The van der Waals surface area contributed by atoms with Crippen LogP contribution in [0.2, 0.25) is 0 Å². The number of nitrogens with zero attached hydrogens (tertiary/aromatic N) is 2. The minimum atomic E-state index is -3.76. The fraction of sp³-hybridized carbons (Fsp3) is 0.217. The summed E-state index contributed by atoms with van der Waals surface area (Å²) in [6.45, 7) is 3.88. The zero-order chi connectivity index (χ0) is 24.3. The number of carbonyl (C=O) groups is 1. The summed E-state index contributed by atoms with van der Waals surface area (Å²) in [7, 11) is -7.31. The van der Waals surface area contributed by atoms with Crippen molar-refractivity contribution in [1.82, 2.24) is 14.0 Å². The standard InChI is InChI=1S/C23H24N4O5S2/c1-2-33(29,30)25-14-17-10-12-27(16-17)34(31,32)22-7-4-19(5-8-22)23(28)26-21-6-3-18-9-11-24-15-20(18)13-21/h2-9,11,13,15,17,25H,1,10,12,14,16H2,(H,26,28). The Hall–Kier alpha value is -3.12. The first kappa shape index (κ1) is 24.0. The molecule has 2 aromatic carbocycles. The summed E-state index contributed by atoms with van der Waals surface area (Å²) in [4.78, 5) is 16.8. The largest absolute Gasteiger partial charge is 0.322 e. The molecule has 1 aliphatic rings. The number of hydrogen-bond acceptors (Lipinski definition) is 6. The molecule has 11 heteroatoms. The lowest BCUT2D eigenvalue weighted by molar-refractivity contribution is 0.102. The molecule has 0 aliphatic carbocycles. The number of pyridine rings is 1. The van der Waals surface area contributed by atoms with E-state index in [-0.39, 0.29) is 29.8 Å². The van der Waals surface area contributed by atoms with E-state index < -0.39 is 20.0 Å². The number of nitrogens with one attached hydrogen (secondary N) is 2. The number of anilines is 1. The summed E-state index contributed by atoms with van der Waals surface area (Å²) in [5.74, 6) is -0.491. The second-order valence-electron chi connectivity index (χ2n) is 7.99. The molecule has 0 bridgehead atoms. The quantitative estimate of drug-likeness (QED) is 0.490. The molecule has 0 saturated carbocycles. The first-order chi connectivity index (χ1) is 16.2. The van der Waals surface area contributed by atoms with Crippen LogP contribution >= 0.6 is 0 Å². The molecule has 0 radical (unpaired) electrons. The molecule has 178 valence electrons. The number of sulfonamides is 2. The molecule has 2 heterocycles. The van der Waals surface area contributed by atoms with Crippen molar-refractivity contribution in [1.29, 1.82) is 0 Å². The predicted octanol–water partition coefficient (Wildman–Crippen LogP) is 2.56. The molecule has 1 atom stereocenters. The molecule has 1 unspecified atom stereocenters. The van der Waals surface area contributed by atoms with Crippen molar-refractivity contribution in [3.8, 4) is 0 Å². The molecule has 3 aromatic rings. The Morgan fingerprint density at radius 3 is 2.59 bits per heavy atom. The normalized spacial score (nSPS) is 17.0. The first-order valence-corrected chi connectivity index (χ1v) is 13.5. The number of carbonyl (C=O) groups excluding carboxylic acids is 1. The van der Waals surface area contributed by atoms with Crippen molar-refractivity contribution in [3.05, 3.63) is 78.5 Å². The summed E-state index contributed by atoms with van der Waals surface area (Å²) < 4.78 is 52.8. The highest BCUT2D eigenvalue weighted by atomic mass is 32.2. The van der Waals surface area contributed by atoms with E-state index in [2.05, 4.69) is 21.6 Å². The summed E-state index contributed by atoms with van der Waals surface area (Å²) in [6.07, 6.45) is 3.95. The van der Waals surface area contributed by atoms with Gasteiger partial charge >= 0.3 is 0 Å². The lowest BCUT2D eigenvalue weighted by atomic mass is 10.1. The van der Waals surface area contributed by atoms with E-state index in [1.807, 2.05) is 18.2 Å². The van der Waals surface area contributed by atoms with Crippen molar-refractivity contribution >= 4 is 42.4 Å². The number of benzene rings is 2. The van der Waals surface area contributed by atoms with Crippen LogP contribution in [0.3, 0.4) is 0 Å². The van der Waals surface area contributed by atoms with Crippen LogP contribution in [0.15, 0.2) is 77.8 Å². The summed E-state index contributed by atoms with van der Waals surface area (Å²) in [5.41, 5.74) is 0.931. The van der Waals surface area contributed by atoms with Gasteiger partial charge in [0.15, 0.2) is 0 Å². The van der Waals surface area contributed by atoms with Gasteiger partial charge in [-0.25, -0.2) is 21.6 Å². The van der Waals surface area contributed by atoms with Gasteiger partial charge in [0.25, 0.3) is 5.91 Å². The van der Waals surface area contributed by atoms with E-state index >= 15 is 0 Å². The molecule has 1 amide bonds. The molecule has 9 nitrogen and oxygen atoms in total. The highest BCUT2D eigenvalue weighted by molar-refractivity contribution is 7.92. The Labute approximate surface area is 198 Å². The minimum absolute atomic E-state index is 0.0770. The van der Waals surface area contributed by atoms with E-state index in [1.165, 1.54) is 28.6 Å². The molecule has 2 N–H and O–H groups in total. The zero-order valence-corrected chi connectivity index (χ0v) is 19.8. The van der Waals surface area contributed by atoms with E-state index in [0.29, 0.717) is 24.2 Å². The maximum absolute atomic E-state index is 13.0. The van der Waals surface area contributed by atoms with Gasteiger partial charge in [0.2, 0.25) is 20.0 Å². The van der Waals surface area contributed by atoms with Crippen molar-refractivity contribution < 1.29 is 21.6 Å². The van der Waals surface area contributed by atoms with Crippen molar-refractivity contribution in [2.24, 2.45) is 5.92 Å². The molecular weight excluding hydrogens is 476 g/mol. The van der Waals surface area contributed by atoms with Gasteiger partial charge in [-0.05, 0) is 60.2 Å². The van der Waals surface area contributed by atoms with E-state index in [4.69, 9.17) is 0 Å². The van der Waals surface area contributed by atoms with Gasteiger partial charge in [0, 0.05) is 54.1 Å². The highest BCUT2D eigenvalue weighted by Crippen LogP contribution is 2.25. The molecule has 0 spiro atoms. The highest BCUT2D eigenvalue weighted by Gasteiger charge is 2.32. The SMILES string of the molecule is C=CS(=O)(=O)NCC1CCN(S(=O)(=O)c2ccc(C(=O)Nc3ccc4ccncc4c3)cc2)C1. The van der Waals surface area contributed by atoms with Crippen LogP contribution in [-0.2, 0) is 20.0 Å². The molecule has 1 aromatic heterocycles. The predicted molar refractivity (Wildman–Crippen MR) is 130 cm³/mol. The molecule has 1 fully saturated rings. The topological polar surface area (TPSA) is 126 Å². The van der Waals surface area contributed by atoms with Gasteiger partial charge in [-0.2, -0.15) is 4.31 Å². The maximum Gasteiger partial charge on any atom is 0.255 e. The summed E-state index contributed by atoms with van der Waals surface area (Å²) >= 11 is 0. The Balaban J connectivity index is 1.41. The summed E-state index contributed by atoms with van der Waals surface area (Å²) in [5, 5.41) is 5.53. The smallest absolute Gasteiger partial charge is 0.255 e. The van der Waals surface area contributed by atoms with Crippen molar-refractivity contribution in [2.75, 3.05) is 25.0 Å². The Kier molecular flexibility index (Phi) is 6.80. The third-order valence-corrected chi connectivity index (χ3v) is 8.58. The van der Waals surface area contributed by atoms with Gasteiger partial charge in [-0.1, -0.05) is 12.6 Å². The van der Waals surface area contributed by atoms with E-state index in [0.717, 1.165) is 16.2 Å². The average molecular weight is 501 g/mol. The fourth-order valence-electron chi connectivity index (χ4n) is 3.77. The van der Waals surface area contributed by atoms with Crippen LogP contribution in [0.25, 0.3) is 10.8 Å². The molecular formula is C23H24N4O5S2. The lowest BCUT2D eigenvalue weighted by Gasteiger charge is -2.17. The number of aromatic nitrogens is 1. The average Bonchev–Trinajstić information content (AvgIpc) is 3.33. The van der Waals surface area contributed by atoms with Gasteiger partial charge < -0.3 is 5.32 Å². The van der Waals surface area contributed by atoms with Crippen LogP contribution in [0.4, 0.5) is 5.69 Å². The van der Waals surface area contributed by atoms with Crippen molar-refractivity contribution in [3.63, 3.8) is 0 Å². The van der Waals surface area contributed by atoms with Crippen LogP contribution < -0.4 is 10.0 Å². The second-order valence-corrected chi connectivity index (χ2v) is 11.6. The van der Waals surface area contributed by atoms with Crippen molar-refractivity contribution in [2.45, 2.75) is 11.3 Å². The first-order valence-electron chi connectivity index (χ1n) is 10.6. The third-order valence-electron chi connectivity index (χ3n) is 5.69. The summed E-state index contributed by atoms with van der Waals surface area (Å²) in [6, 6.07) is 13.1. The number of rotatable bonds is 8. The Morgan fingerprint density at radius 2 is 1.85 bits per heavy atom. The van der Waals surface area contributed by atoms with E-state index in [9.17, 15) is 21.6 Å². The zero-order valence-electron chi connectivity index (χ0n) is 18.2. The fourth-order valence-corrected chi connectivity index (χ4v) is 5.89. The van der Waals surface area contributed by atoms with Crippen LogP contribution in [0.5, 0.6) is 0 Å². The van der Waals surface area contributed by atoms with Gasteiger partial charge in [0.05, 0.1) is 4.90 Å². The Morgan fingerprint density at radius 1 is 1.09 bits per heavy atom. The monoisotopic (exact) mass is 500 g/mol. The number of amides is 1. The van der Waals surface area contributed by atoms with Gasteiger partial charge in [0.1, 0.15) is 0 Å². The third kappa shape index (κ3) is 5.33. The van der Waals surface area contributed by atoms with Gasteiger partial charge in [-0.3, -0.25) is 9.78 Å². The van der Waals surface area contributed by atoms with E-state index in [1.54, 1.807) is 18.5 Å². The Bertz CT molecular complexity index is 1440. The van der Waals surface area contributed by atoms with Crippen LogP contribution in [0.1, 0.15) is 16.8 Å². The second kappa shape index (κ2) is 9.63. The number of fused-ring (bicyclic) bond motifs is 1. The van der Waals surface area contributed by atoms with Crippen LogP contribution in [0, 0.1) is 5.92 Å². The minimum Gasteiger partial charge on any atom is -0.322 e.